The second-order valence-electron chi connectivity index (χ2n) is 9.17. The number of pyridine rings is 1. The summed E-state index contributed by atoms with van der Waals surface area (Å²) in [6.45, 7) is 1.60. The van der Waals surface area contributed by atoms with E-state index >= 15 is 4.39 Å². The Labute approximate surface area is 213 Å². The Kier molecular flexibility index (Phi) is 6.03. The molecule has 1 fully saturated rings. The van der Waals surface area contributed by atoms with Crippen LogP contribution in [-0.2, 0) is 12.0 Å². The predicted molar refractivity (Wildman–Crippen MR) is 130 cm³/mol. The molecule has 0 bridgehead atoms. The highest BCUT2D eigenvalue weighted by molar-refractivity contribution is 8.15. The van der Waals surface area contributed by atoms with Gasteiger partial charge in [-0.3, -0.25) is 9.98 Å². The van der Waals surface area contributed by atoms with Gasteiger partial charge >= 0.3 is 6.18 Å². The first-order valence-electron chi connectivity index (χ1n) is 11.2. The van der Waals surface area contributed by atoms with E-state index in [4.69, 9.17) is 16.9 Å². The number of nitrogens with zero attached hydrogens (tertiary/aromatic N) is 4. The molecule has 37 heavy (non-hydrogen) atoms. The standard InChI is InChI=1S/C25H21F4N5O2S/c1-3-8-36-19-12-32-20-16(33-19)6-7-31-17(20)10-13-4-5-15(26)14(9-13)23(2)18-11-24(18,37-22(30)34-23)21(35)25(27,28)29/h1,4-7,9,12,18,21,35H,8,10-11H2,2H3,(H2,30,34)/t18-,21-,23+,24-/m0/s1. The van der Waals surface area contributed by atoms with E-state index in [0.29, 0.717) is 34.1 Å². The fourth-order valence-electron chi connectivity index (χ4n) is 5.02. The number of fused-ring (bicyclic) bond motifs is 2. The monoisotopic (exact) mass is 531 g/mol. The van der Waals surface area contributed by atoms with Crippen molar-refractivity contribution in [3.8, 4) is 18.2 Å². The number of terminal acetylenes is 1. The quantitative estimate of drug-likeness (QED) is 0.369. The smallest absolute Gasteiger partial charge is 0.415 e. The molecule has 2 aromatic heterocycles. The lowest BCUT2D eigenvalue weighted by Crippen LogP contribution is -2.47. The van der Waals surface area contributed by atoms with Crippen molar-refractivity contribution in [2.75, 3.05) is 6.61 Å². The Morgan fingerprint density at radius 2 is 2.11 bits per heavy atom. The van der Waals surface area contributed by atoms with E-state index in [1.807, 2.05) is 0 Å². The normalized spacial score (nSPS) is 25.6. The summed E-state index contributed by atoms with van der Waals surface area (Å²) in [5.41, 5.74) is 6.87. The summed E-state index contributed by atoms with van der Waals surface area (Å²) in [4.78, 5) is 17.5. The average molecular weight is 532 g/mol. The molecule has 0 unspecified atom stereocenters. The molecule has 0 radical (unpaired) electrons. The molecule has 4 atom stereocenters. The molecule has 1 aliphatic carbocycles. The Balaban J connectivity index is 1.49. The van der Waals surface area contributed by atoms with Crippen molar-refractivity contribution in [1.29, 1.82) is 0 Å². The highest BCUT2D eigenvalue weighted by Gasteiger charge is 2.74. The minimum Gasteiger partial charge on any atom is -0.463 e. The lowest BCUT2D eigenvalue weighted by molar-refractivity contribution is -0.207. The topological polar surface area (TPSA) is 107 Å². The number of benzene rings is 1. The maximum Gasteiger partial charge on any atom is 0.415 e. The van der Waals surface area contributed by atoms with Gasteiger partial charge in [-0.25, -0.2) is 14.4 Å². The molecule has 1 saturated carbocycles. The van der Waals surface area contributed by atoms with Crippen molar-refractivity contribution in [3.63, 3.8) is 0 Å². The van der Waals surface area contributed by atoms with E-state index in [-0.39, 0.29) is 36.1 Å². The first-order valence-corrected chi connectivity index (χ1v) is 12.0. The van der Waals surface area contributed by atoms with Gasteiger partial charge in [0.05, 0.1) is 27.7 Å². The lowest BCUT2D eigenvalue weighted by Gasteiger charge is -2.36. The summed E-state index contributed by atoms with van der Waals surface area (Å²) in [5, 5.41) is 9.98. The highest BCUT2D eigenvalue weighted by Crippen LogP contribution is 2.68. The molecule has 0 saturated heterocycles. The molecular formula is C25H21F4N5O2S. The van der Waals surface area contributed by atoms with Gasteiger partial charge in [0.2, 0.25) is 5.88 Å². The molecule has 192 valence electrons. The zero-order valence-electron chi connectivity index (χ0n) is 19.5. The minimum atomic E-state index is -4.84. The van der Waals surface area contributed by atoms with Crippen LogP contribution in [0.4, 0.5) is 17.6 Å². The first kappa shape index (κ1) is 25.2. The molecule has 3 aromatic rings. The number of aromatic nitrogens is 3. The van der Waals surface area contributed by atoms with Gasteiger partial charge in [0, 0.05) is 24.1 Å². The van der Waals surface area contributed by atoms with Crippen molar-refractivity contribution in [3.05, 3.63) is 59.3 Å². The Morgan fingerprint density at radius 1 is 1.32 bits per heavy atom. The number of aliphatic hydroxyl groups is 1. The number of ether oxygens (including phenoxy) is 1. The Hall–Kier alpha value is -3.43. The van der Waals surface area contributed by atoms with Crippen molar-refractivity contribution in [1.82, 2.24) is 15.0 Å². The third kappa shape index (κ3) is 4.36. The van der Waals surface area contributed by atoms with E-state index < -0.39 is 34.3 Å². The van der Waals surface area contributed by atoms with Crippen LogP contribution in [0.1, 0.15) is 30.2 Å². The van der Waals surface area contributed by atoms with Crippen LogP contribution in [0.3, 0.4) is 0 Å². The number of aliphatic hydroxyl groups excluding tert-OH is 1. The van der Waals surface area contributed by atoms with Crippen molar-refractivity contribution in [2.24, 2.45) is 16.6 Å². The number of thioether (sulfide) groups is 1. The molecule has 5 rings (SSSR count). The van der Waals surface area contributed by atoms with Gasteiger partial charge in [-0.1, -0.05) is 29.8 Å². The van der Waals surface area contributed by atoms with E-state index in [1.165, 1.54) is 12.3 Å². The van der Waals surface area contributed by atoms with Gasteiger partial charge in [-0.2, -0.15) is 13.2 Å². The van der Waals surface area contributed by atoms with Crippen LogP contribution >= 0.6 is 11.8 Å². The third-order valence-corrected chi connectivity index (χ3v) is 8.16. The Morgan fingerprint density at radius 3 is 2.84 bits per heavy atom. The van der Waals surface area contributed by atoms with Gasteiger partial charge in [0.1, 0.15) is 11.3 Å². The predicted octanol–water partition coefficient (Wildman–Crippen LogP) is 3.73. The summed E-state index contributed by atoms with van der Waals surface area (Å²) in [5.74, 6) is 1.23. The number of halogens is 4. The molecule has 7 nitrogen and oxygen atoms in total. The molecule has 1 aromatic carbocycles. The number of aliphatic imine (C=N–C) groups is 1. The number of rotatable bonds is 6. The minimum absolute atomic E-state index is 0.00669. The number of hydrogen-bond donors (Lipinski definition) is 2. The van der Waals surface area contributed by atoms with E-state index in [2.05, 4.69) is 25.9 Å². The molecule has 0 amide bonds. The molecule has 1 aliphatic heterocycles. The zero-order chi connectivity index (χ0) is 26.6. The van der Waals surface area contributed by atoms with Gasteiger partial charge in [0.25, 0.3) is 0 Å². The SMILES string of the molecule is C#CCOc1cnc2c(Cc3ccc(F)c([C@@]4(C)N=C(N)S[C@@]5([C@H](O)C(F)(F)F)C[C@H]54)c3)nccc2n1. The molecule has 12 heteroatoms. The zero-order valence-corrected chi connectivity index (χ0v) is 20.3. The third-order valence-electron chi connectivity index (χ3n) is 6.81. The van der Waals surface area contributed by atoms with Crippen molar-refractivity contribution >= 4 is 28.0 Å². The van der Waals surface area contributed by atoms with Crippen LogP contribution in [0.25, 0.3) is 11.0 Å². The molecule has 2 aliphatic rings. The molecule has 3 N–H and O–H groups in total. The second kappa shape index (κ2) is 8.85. The molecule has 0 spiro atoms. The van der Waals surface area contributed by atoms with Crippen LogP contribution in [0.2, 0.25) is 0 Å². The lowest BCUT2D eigenvalue weighted by atomic mass is 9.84. The summed E-state index contributed by atoms with van der Waals surface area (Å²) in [6, 6.07) is 6.04. The van der Waals surface area contributed by atoms with E-state index in [1.54, 1.807) is 31.3 Å². The fraction of sp³-hybridized carbons (Fsp3) is 0.360. The maximum absolute atomic E-state index is 15.1. The van der Waals surface area contributed by atoms with Crippen molar-refractivity contribution in [2.45, 2.75) is 42.3 Å². The number of amidine groups is 1. The number of hydrogen-bond acceptors (Lipinski definition) is 8. The van der Waals surface area contributed by atoms with Gasteiger partial charge in [-0.15, -0.1) is 6.42 Å². The number of nitrogens with two attached hydrogens (primary N) is 1. The van der Waals surface area contributed by atoms with Gasteiger partial charge in [0.15, 0.2) is 17.9 Å². The second-order valence-corrected chi connectivity index (χ2v) is 10.6. The van der Waals surface area contributed by atoms with Gasteiger partial charge in [-0.05, 0) is 31.0 Å². The maximum atomic E-state index is 15.1. The van der Waals surface area contributed by atoms with Crippen molar-refractivity contribution < 1.29 is 27.4 Å². The van der Waals surface area contributed by atoms with Crippen LogP contribution in [0.15, 0.2) is 41.7 Å². The first-order chi connectivity index (χ1) is 17.5. The summed E-state index contributed by atoms with van der Waals surface area (Å²) in [6.07, 6.45) is 0.983. The van der Waals surface area contributed by atoms with Gasteiger partial charge < -0.3 is 15.6 Å². The summed E-state index contributed by atoms with van der Waals surface area (Å²) in [7, 11) is 0. The summed E-state index contributed by atoms with van der Waals surface area (Å²) >= 11 is 0.704. The van der Waals surface area contributed by atoms with E-state index in [9.17, 15) is 18.3 Å². The van der Waals surface area contributed by atoms with Crippen LogP contribution in [-0.4, -0.2) is 48.9 Å². The molecule has 3 heterocycles. The fourth-order valence-corrected chi connectivity index (χ4v) is 6.51. The van der Waals surface area contributed by atoms with Crippen LogP contribution in [0.5, 0.6) is 5.88 Å². The molecular weight excluding hydrogens is 510 g/mol. The Bertz CT molecular complexity index is 1460. The average Bonchev–Trinajstić information content (AvgIpc) is 3.59. The number of alkyl halides is 3. The largest absolute Gasteiger partial charge is 0.463 e. The van der Waals surface area contributed by atoms with Crippen LogP contribution < -0.4 is 10.5 Å². The highest BCUT2D eigenvalue weighted by atomic mass is 32.2. The van der Waals surface area contributed by atoms with Crippen LogP contribution in [0, 0.1) is 24.1 Å². The van der Waals surface area contributed by atoms with E-state index in [0.717, 1.165) is 0 Å². The summed E-state index contributed by atoms with van der Waals surface area (Å²) < 4.78 is 59.2.